The number of hydrogen-bond acceptors (Lipinski definition) is 7. The van der Waals surface area contributed by atoms with Crippen molar-refractivity contribution >= 4 is 17.3 Å². The normalized spacial score (nSPS) is 11.9. The van der Waals surface area contributed by atoms with Crippen molar-refractivity contribution in [1.82, 2.24) is 14.5 Å². The van der Waals surface area contributed by atoms with Crippen molar-refractivity contribution in [2.24, 2.45) is 5.84 Å². The highest BCUT2D eigenvalue weighted by Gasteiger charge is 2.12. The lowest BCUT2D eigenvalue weighted by molar-refractivity contribution is -0.384. The number of rotatable bonds is 6. The van der Waals surface area contributed by atoms with Gasteiger partial charge in [0.2, 0.25) is 0 Å². The average molecular weight is 277 g/mol. The first-order chi connectivity index (χ1) is 9.58. The van der Waals surface area contributed by atoms with Gasteiger partial charge in [-0.05, 0) is 6.92 Å². The van der Waals surface area contributed by atoms with Crippen LogP contribution in [0.3, 0.4) is 0 Å². The molecule has 0 fully saturated rings. The van der Waals surface area contributed by atoms with Gasteiger partial charge in [-0.25, -0.2) is 15.8 Å². The van der Waals surface area contributed by atoms with Gasteiger partial charge in [-0.1, -0.05) is 0 Å². The average Bonchev–Trinajstić information content (AvgIpc) is 2.90. The summed E-state index contributed by atoms with van der Waals surface area (Å²) in [6.07, 6.45) is 5.23. The number of nitrogens with two attached hydrogens (primary N) is 1. The Labute approximate surface area is 115 Å². The second-order valence-electron chi connectivity index (χ2n) is 4.30. The first kappa shape index (κ1) is 13.7. The van der Waals surface area contributed by atoms with E-state index in [2.05, 4.69) is 20.7 Å². The Morgan fingerprint density at radius 2 is 2.25 bits per heavy atom. The van der Waals surface area contributed by atoms with E-state index in [1.54, 1.807) is 12.5 Å². The predicted molar refractivity (Wildman–Crippen MR) is 74.0 cm³/mol. The minimum absolute atomic E-state index is 0.0179. The van der Waals surface area contributed by atoms with E-state index in [-0.39, 0.29) is 17.5 Å². The number of aromatic nitrogens is 3. The van der Waals surface area contributed by atoms with Crippen LogP contribution >= 0.6 is 0 Å². The quantitative estimate of drug-likeness (QED) is 0.408. The summed E-state index contributed by atoms with van der Waals surface area (Å²) in [6.45, 7) is 2.60. The van der Waals surface area contributed by atoms with E-state index >= 15 is 0 Å². The van der Waals surface area contributed by atoms with E-state index < -0.39 is 4.92 Å². The molecule has 1 unspecified atom stereocenters. The molecule has 1 atom stereocenters. The zero-order valence-corrected chi connectivity index (χ0v) is 10.9. The molecule has 0 radical (unpaired) electrons. The smallest absolute Gasteiger partial charge is 0.276 e. The molecule has 2 aromatic heterocycles. The Morgan fingerprint density at radius 3 is 2.85 bits per heavy atom. The number of pyridine rings is 1. The molecule has 2 rings (SSSR count). The molecule has 0 bridgehead atoms. The van der Waals surface area contributed by atoms with Crippen molar-refractivity contribution in [2.75, 3.05) is 10.7 Å². The first-order valence-electron chi connectivity index (χ1n) is 5.94. The fraction of sp³-hybridized carbons (Fsp3) is 0.273. The van der Waals surface area contributed by atoms with Gasteiger partial charge >= 0.3 is 0 Å². The van der Waals surface area contributed by atoms with Crippen LogP contribution in [0.1, 0.15) is 6.92 Å². The topological polar surface area (TPSA) is 124 Å². The molecule has 9 heteroatoms. The Hall–Kier alpha value is -2.68. The molecule has 106 valence electrons. The van der Waals surface area contributed by atoms with E-state index in [0.29, 0.717) is 12.4 Å². The van der Waals surface area contributed by atoms with E-state index in [1.165, 1.54) is 12.1 Å². The molecule has 2 aromatic rings. The van der Waals surface area contributed by atoms with Crippen LogP contribution < -0.4 is 16.6 Å². The number of hydrogen-bond donors (Lipinski definition) is 3. The third kappa shape index (κ3) is 3.42. The molecule has 0 spiro atoms. The van der Waals surface area contributed by atoms with Crippen LogP contribution in [0.15, 0.2) is 30.9 Å². The summed E-state index contributed by atoms with van der Waals surface area (Å²) in [7, 11) is 0. The van der Waals surface area contributed by atoms with E-state index in [1.807, 2.05) is 17.7 Å². The number of anilines is 2. The third-order valence-electron chi connectivity index (χ3n) is 2.61. The molecular weight excluding hydrogens is 262 g/mol. The van der Waals surface area contributed by atoms with Crippen molar-refractivity contribution in [1.29, 1.82) is 0 Å². The van der Waals surface area contributed by atoms with E-state index in [4.69, 9.17) is 5.84 Å². The molecule has 9 nitrogen and oxygen atoms in total. The lowest BCUT2D eigenvalue weighted by Gasteiger charge is -2.15. The van der Waals surface area contributed by atoms with Crippen molar-refractivity contribution in [3.8, 4) is 0 Å². The van der Waals surface area contributed by atoms with Gasteiger partial charge in [-0.3, -0.25) is 10.1 Å². The molecule has 0 saturated heterocycles. The van der Waals surface area contributed by atoms with Gasteiger partial charge in [-0.15, -0.1) is 0 Å². The molecule has 0 aliphatic rings. The highest BCUT2D eigenvalue weighted by atomic mass is 16.6. The van der Waals surface area contributed by atoms with Gasteiger partial charge in [0.15, 0.2) is 0 Å². The summed E-state index contributed by atoms with van der Waals surface area (Å²) in [5, 5.41) is 13.9. The Morgan fingerprint density at radius 1 is 1.50 bits per heavy atom. The first-order valence-corrected chi connectivity index (χ1v) is 5.94. The zero-order valence-electron chi connectivity index (χ0n) is 10.9. The summed E-state index contributed by atoms with van der Waals surface area (Å²) < 4.78 is 1.90. The minimum Gasteiger partial charge on any atom is -0.366 e. The molecule has 20 heavy (non-hydrogen) atoms. The van der Waals surface area contributed by atoms with Crippen molar-refractivity contribution in [3.05, 3.63) is 41.0 Å². The number of nitrogen functional groups attached to an aromatic ring is 1. The van der Waals surface area contributed by atoms with E-state index in [0.717, 1.165) is 0 Å². The lowest BCUT2D eigenvalue weighted by Crippen LogP contribution is -2.22. The van der Waals surface area contributed by atoms with Crippen LogP contribution in [-0.4, -0.2) is 25.5 Å². The highest BCUT2D eigenvalue weighted by molar-refractivity contribution is 5.54. The summed E-state index contributed by atoms with van der Waals surface area (Å²) in [5.74, 6) is 5.87. The van der Waals surface area contributed by atoms with E-state index in [9.17, 15) is 10.1 Å². The fourth-order valence-corrected chi connectivity index (χ4v) is 1.78. The lowest BCUT2D eigenvalue weighted by atomic mass is 10.3. The van der Waals surface area contributed by atoms with Crippen molar-refractivity contribution < 1.29 is 4.92 Å². The second-order valence-corrected chi connectivity index (χ2v) is 4.30. The van der Waals surface area contributed by atoms with Crippen LogP contribution in [0.5, 0.6) is 0 Å². The molecule has 4 N–H and O–H groups in total. The van der Waals surface area contributed by atoms with Crippen LogP contribution in [0.2, 0.25) is 0 Å². The maximum absolute atomic E-state index is 10.8. The molecule has 2 heterocycles. The molecule has 0 saturated carbocycles. The van der Waals surface area contributed by atoms with Crippen LogP contribution in [-0.2, 0) is 6.54 Å². The zero-order chi connectivity index (χ0) is 14.5. The standard InChI is InChI=1S/C11H15N7O2/c1-8(6-17-3-2-13-7-17)14-10-4-9(18(19)20)5-11(15-10)16-12/h2-5,7-8H,6,12H2,1H3,(H2,14,15,16). The van der Waals surface area contributed by atoms with Gasteiger partial charge in [0.1, 0.15) is 11.6 Å². The van der Waals surface area contributed by atoms with Crippen LogP contribution in [0.4, 0.5) is 17.3 Å². The Kier molecular flexibility index (Phi) is 4.11. The van der Waals surface area contributed by atoms with Crippen LogP contribution in [0, 0.1) is 10.1 Å². The largest absolute Gasteiger partial charge is 0.366 e. The maximum atomic E-state index is 10.8. The molecule has 0 aliphatic heterocycles. The Bertz CT molecular complexity index is 584. The third-order valence-corrected chi connectivity index (χ3v) is 2.61. The van der Waals surface area contributed by atoms with Crippen molar-refractivity contribution in [2.45, 2.75) is 19.5 Å². The van der Waals surface area contributed by atoms with Crippen LogP contribution in [0.25, 0.3) is 0 Å². The molecule has 0 aromatic carbocycles. The second kappa shape index (κ2) is 5.97. The molecule has 0 amide bonds. The number of nitrogens with zero attached hydrogens (tertiary/aromatic N) is 4. The fourth-order valence-electron chi connectivity index (χ4n) is 1.78. The predicted octanol–water partition coefficient (Wildman–Crippen LogP) is 0.972. The van der Waals surface area contributed by atoms with Gasteiger partial charge in [0.05, 0.1) is 23.4 Å². The number of imidazole rings is 1. The maximum Gasteiger partial charge on any atom is 0.276 e. The monoisotopic (exact) mass is 277 g/mol. The summed E-state index contributed by atoms with van der Waals surface area (Å²) in [4.78, 5) is 18.4. The van der Waals surface area contributed by atoms with Gasteiger partial charge in [-0.2, -0.15) is 0 Å². The summed E-state index contributed by atoms with van der Waals surface area (Å²) in [5.41, 5.74) is 2.23. The minimum atomic E-state index is -0.492. The molecular formula is C11H15N7O2. The van der Waals surface area contributed by atoms with Gasteiger partial charge in [0.25, 0.3) is 5.69 Å². The number of nitro groups is 1. The van der Waals surface area contributed by atoms with Gasteiger partial charge in [0, 0.05) is 25.0 Å². The number of hydrazine groups is 1. The summed E-state index contributed by atoms with van der Waals surface area (Å²) in [6, 6.07) is 2.65. The highest BCUT2D eigenvalue weighted by Crippen LogP contribution is 2.20. The van der Waals surface area contributed by atoms with Crippen molar-refractivity contribution in [3.63, 3.8) is 0 Å². The number of nitrogens with one attached hydrogen (secondary N) is 2. The summed E-state index contributed by atoms with van der Waals surface area (Å²) >= 11 is 0. The Balaban J connectivity index is 2.11. The molecule has 0 aliphatic carbocycles. The SMILES string of the molecule is CC(Cn1ccnc1)Nc1cc([N+](=O)[O-])cc(NN)n1. The van der Waals surface area contributed by atoms with Gasteiger partial charge < -0.3 is 15.3 Å².